The van der Waals surface area contributed by atoms with E-state index in [0.717, 1.165) is 107 Å². The summed E-state index contributed by atoms with van der Waals surface area (Å²) in [4.78, 5) is 62.5. The Labute approximate surface area is 539 Å². The molecule has 6 N–H and O–H groups in total. The second-order valence-electron chi connectivity index (χ2n) is 22.7. The molecule has 1 aromatic carbocycles. The van der Waals surface area contributed by atoms with Crippen LogP contribution in [0.4, 0.5) is 37.9 Å². The van der Waals surface area contributed by atoms with Crippen molar-refractivity contribution in [1.82, 2.24) is 78.0 Å². The average molecular weight is 1320 g/mol. The molecule has 4 fully saturated rings. The monoisotopic (exact) mass is 1320 g/mol. The third-order valence-electron chi connectivity index (χ3n) is 16.8. The van der Waals surface area contributed by atoms with E-state index < -0.39 is 21.7 Å². The van der Waals surface area contributed by atoms with Crippen LogP contribution in [-0.2, 0) is 43.2 Å². The first-order chi connectivity index (χ1) is 44.8. The molecule has 0 spiro atoms. The molecule has 2 unspecified atom stereocenters. The number of rotatable bonds is 19. The number of benzene rings is 1. The number of H-pyrrole nitrogens is 1. The highest BCUT2D eigenvalue weighted by molar-refractivity contribution is 7.90. The number of aromatic nitrogens is 12. The summed E-state index contributed by atoms with van der Waals surface area (Å²) in [6.07, 6.45) is 12.9. The molecule has 0 saturated carbocycles. The number of carbonyl (C=O) groups excluding carboxylic acids is 2. The fourth-order valence-electron chi connectivity index (χ4n) is 11.7. The van der Waals surface area contributed by atoms with Crippen LogP contribution in [0.3, 0.4) is 0 Å². The molecule has 2 atom stereocenters. The highest BCUT2D eigenvalue weighted by Crippen LogP contribution is 2.38. The SMILES string of the molecule is CCC(C(=O)Nc1nccc2c(-c3nc(Nc4cn(C)nc4OC)ncc3F)c[nH]c12)N1CCN(C2COC2)CC1.CCC(C(N)=O)N1CCN(C2COC2)CC1.COc1nn(C)cc1Nc1ncc(F)c(-c2cn(S(=O)(=O)c3ccc(C)cc3)c3c(Cl)nccc23)n1. The van der Waals surface area contributed by atoms with Gasteiger partial charge in [-0.25, -0.2) is 51.1 Å². The third-order valence-corrected chi connectivity index (χ3v) is 18.7. The van der Waals surface area contributed by atoms with Crippen LogP contribution in [0.5, 0.6) is 11.8 Å². The van der Waals surface area contributed by atoms with E-state index in [-0.39, 0.29) is 68.3 Å². The molecule has 0 radical (unpaired) electrons. The van der Waals surface area contributed by atoms with Gasteiger partial charge in [0.2, 0.25) is 23.7 Å². The van der Waals surface area contributed by atoms with Crippen LogP contribution in [0.1, 0.15) is 32.3 Å². The Balaban J connectivity index is 0.000000155. The number of fused-ring (bicyclic) bond motifs is 2. The van der Waals surface area contributed by atoms with Crippen LogP contribution < -0.4 is 31.2 Å². The van der Waals surface area contributed by atoms with Gasteiger partial charge in [-0.15, -0.1) is 10.2 Å². The Morgan fingerprint density at radius 2 is 1.22 bits per heavy atom. The molecule has 4 aliphatic heterocycles. The van der Waals surface area contributed by atoms with Crippen molar-refractivity contribution in [3.05, 3.63) is 108 Å². The molecule has 12 heterocycles. The highest BCUT2D eigenvalue weighted by atomic mass is 35.5. The van der Waals surface area contributed by atoms with E-state index in [9.17, 15) is 18.0 Å². The maximum absolute atomic E-state index is 15.0. The van der Waals surface area contributed by atoms with E-state index in [4.69, 9.17) is 36.3 Å². The zero-order valence-corrected chi connectivity index (χ0v) is 54.0. The Morgan fingerprint density at radius 1 is 0.710 bits per heavy atom. The van der Waals surface area contributed by atoms with Crippen molar-refractivity contribution >= 4 is 84.3 Å². The number of anilines is 5. The van der Waals surface area contributed by atoms with Crippen LogP contribution in [0, 0.1) is 18.6 Å². The molecule has 28 nitrogen and oxygen atoms in total. The molecule has 4 saturated heterocycles. The summed E-state index contributed by atoms with van der Waals surface area (Å²) in [5.74, 6) is -0.367. The van der Waals surface area contributed by atoms with Crippen LogP contribution in [0.15, 0.2) is 90.9 Å². The number of nitrogens with zero attached hydrogens (tertiary/aromatic N) is 15. The lowest BCUT2D eigenvalue weighted by Crippen LogP contribution is -2.59. The topological polar surface area (TPSA) is 314 Å². The van der Waals surface area contributed by atoms with Gasteiger partial charge in [-0.05, 0) is 44.0 Å². The number of aryl methyl sites for hydroxylation is 3. The van der Waals surface area contributed by atoms with E-state index >= 15 is 8.78 Å². The number of methoxy groups -OCH3 is 2. The zero-order valence-electron chi connectivity index (χ0n) is 52.4. The van der Waals surface area contributed by atoms with Gasteiger partial charge in [0.1, 0.15) is 28.3 Å². The van der Waals surface area contributed by atoms with Gasteiger partial charge in [0.05, 0.1) is 100 Å². The third kappa shape index (κ3) is 14.2. The van der Waals surface area contributed by atoms with Gasteiger partial charge in [0.25, 0.3) is 21.8 Å². The Hall–Kier alpha value is -8.82. The van der Waals surface area contributed by atoms with Crippen molar-refractivity contribution in [1.29, 1.82) is 0 Å². The van der Waals surface area contributed by atoms with Crippen molar-refractivity contribution in [2.75, 3.05) is 109 Å². The Morgan fingerprint density at radius 3 is 1.71 bits per heavy atom. The number of amides is 2. The summed E-state index contributed by atoms with van der Waals surface area (Å²) in [6, 6.07) is 10.4. The Bertz CT molecular complexity index is 4240. The summed E-state index contributed by atoms with van der Waals surface area (Å²) in [5, 5.41) is 18.3. The number of primary amides is 1. The van der Waals surface area contributed by atoms with E-state index in [0.29, 0.717) is 69.3 Å². The Kier molecular flexibility index (Phi) is 20.2. The summed E-state index contributed by atoms with van der Waals surface area (Å²) in [7, 11) is 2.36. The molecule has 4 aliphatic rings. The van der Waals surface area contributed by atoms with Gasteiger partial charge >= 0.3 is 0 Å². The van der Waals surface area contributed by atoms with Gasteiger partial charge in [-0.3, -0.25) is 38.6 Å². The largest absolute Gasteiger partial charge is 0.478 e. The lowest BCUT2D eigenvalue weighted by Gasteiger charge is -2.44. The van der Waals surface area contributed by atoms with Crippen molar-refractivity contribution < 1.29 is 45.7 Å². The lowest BCUT2D eigenvalue weighted by molar-refractivity contribution is -0.125. The predicted molar refractivity (Wildman–Crippen MR) is 344 cm³/mol. The van der Waals surface area contributed by atoms with Gasteiger partial charge < -0.3 is 45.6 Å². The van der Waals surface area contributed by atoms with Crippen molar-refractivity contribution in [2.24, 2.45) is 19.8 Å². The number of halogens is 3. The molecule has 8 aromatic heterocycles. The fourth-order valence-corrected chi connectivity index (χ4v) is 13.4. The maximum atomic E-state index is 15.0. The number of ether oxygens (including phenoxy) is 4. The molecular formula is C61H73ClF2N20O8S. The van der Waals surface area contributed by atoms with Gasteiger partial charge in [-0.2, -0.15) is 0 Å². The minimum Gasteiger partial charge on any atom is -0.478 e. The molecule has 9 aromatic rings. The highest BCUT2D eigenvalue weighted by Gasteiger charge is 2.35. The number of nitrogens with two attached hydrogens (primary N) is 1. The summed E-state index contributed by atoms with van der Waals surface area (Å²) < 4.78 is 82.3. The first-order valence-corrected chi connectivity index (χ1v) is 32.1. The molecule has 0 aliphatic carbocycles. The number of piperazine rings is 2. The first-order valence-electron chi connectivity index (χ1n) is 30.3. The van der Waals surface area contributed by atoms with E-state index in [1.807, 2.05) is 20.8 Å². The number of nitrogens with one attached hydrogen (secondary N) is 4. The molecule has 2 amide bonds. The quantitative estimate of drug-likeness (QED) is 0.0583. The van der Waals surface area contributed by atoms with Crippen molar-refractivity contribution in [3.8, 4) is 34.3 Å². The van der Waals surface area contributed by atoms with E-state index in [1.54, 1.807) is 67.8 Å². The summed E-state index contributed by atoms with van der Waals surface area (Å²) in [5.41, 5.74) is 8.69. The van der Waals surface area contributed by atoms with Crippen LogP contribution in [0.2, 0.25) is 5.15 Å². The molecule has 32 heteroatoms. The maximum Gasteiger partial charge on any atom is 0.268 e. The second-order valence-corrected chi connectivity index (χ2v) is 24.9. The van der Waals surface area contributed by atoms with Gasteiger partial charge in [0, 0.05) is 113 Å². The normalized spacial score (nSPS) is 16.7. The first kappa shape index (κ1) is 65.7. The number of carbonyl (C=O) groups is 2. The van der Waals surface area contributed by atoms with Crippen LogP contribution >= 0.6 is 11.6 Å². The molecule has 492 valence electrons. The number of pyridine rings is 2. The van der Waals surface area contributed by atoms with E-state index in [2.05, 4.69) is 80.6 Å². The smallest absolute Gasteiger partial charge is 0.268 e. The number of hydrogen-bond acceptors (Lipinski definition) is 22. The van der Waals surface area contributed by atoms with E-state index in [1.165, 1.54) is 43.4 Å². The number of hydrogen-bond donors (Lipinski definition) is 5. The molecule has 13 rings (SSSR count). The minimum atomic E-state index is -4.09. The second kappa shape index (κ2) is 28.6. The molecular weight excluding hydrogens is 1250 g/mol. The molecule has 93 heavy (non-hydrogen) atoms. The van der Waals surface area contributed by atoms with Gasteiger partial charge in [0.15, 0.2) is 22.6 Å². The zero-order chi connectivity index (χ0) is 65.7. The summed E-state index contributed by atoms with van der Waals surface area (Å²) >= 11 is 6.34. The fraction of sp³-hybridized carbons (Fsp3) is 0.410. The van der Waals surface area contributed by atoms with Gasteiger partial charge in [-0.1, -0.05) is 43.1 Å². The lowest BCUT2D eigenvalue weighted by atomic mass is 10.1. The van der Waals surface area contributed by atoms with Crippen molar-refractivity contribution in [3.63, 3.8) is 0 Å². The van der Waals surface area contributed by atoms with Crippen LogP contribution in [0.25, 0.3) is 44.3 Å². The van der Waals surface area contributed by atoms with Crippen LogP contribution in [-0.4, -0.2) is 215 Å². The molecule has 0 bridgehead atoms. The van der Waals surface area contributed by atoms with Crippen molar-refractivity contribution in [2.45, 2.75) is 62.7 Å². The minimum absolute atomic E-state index is 0.0469. The predicted octanol–water partition coefficient (Wildman–Crippen LogP) is 5.96. The standard InChI is InChI=1S/C27H33FN10O3.C23H19ClFN7O3S.C11H21N3O2/c1-4-21(38-9-7-37(8-10-38)16-14-41-15-16)25(39)34-24-23-17(5-6-29-24)18(11-30-23)22-19(28)12-31-27(33-22)32-20-13-36(2)35-26(20)40-3;1-13-4-6-14(7-5-13)36(33,34)32-11-16(15-8-9-26-21(24)20(15)32)19-17(25)10-27-23(29-19)28-18-12-31(2)30-22(18)35-3;1-2-10(11(12)15)14-5-3-13(4-6-14)9-7-16-8-9/h5-6,11-13,16,21,30H,4,7-10,14-15H2,1-3H3,(H,29,34,39)(H,31,32,33);4-12H,1-3H3,(H,27,28,29);9-10H,2-8H2,1H3,(H2,12,15). The summed E-state index contributed by atoms with van der Waals surface area (Å²) in [6.45, 7) is 16.6. The number of aromatic amines is 1. The average Bonchev–Trinajstić information content (AvgIpc) is 1.59.